The Kier molecular flexibility index (Phi) is 6.49. The van der Waals surface area contributed by atoms with Gasteiger partial charge in [-0.2, -0.15) is 0 Å². The number of aryl methyl sites for hydroxylation is 1. The molecule has 1 aromatic heterocycles. The quantitative estimate of drug-likeness (QED) is 0.562. The Morgan fingerprint density at radius 3 is 2.81 bits per heavy atom. The molecule has 5 heteroatoms. The summed E-state index contributed by atoms with van der Waals surface area (Å²) in [7, 11) is 0. The highest BCUT2D eigenvalue weighted by Gasteiger charge is 2.03. The first-order chi connectivity index (χ1) is 7.72. The molecule has 0 saturated carbocycles. The SMILES string of the molecule is CCNC(C)CCCCSc1nnc(C)o1. The van der Waals surface area contributed by atoms with E-state index in [2.05, 4.69) is 29.4 Å². The Balaban J connectivity index is 2.00. The van der Waals surface area contributed by atoms with E-state index in [1.54, 1.807) is 11.8 Å². The maximum Gasteiger partial charge on any atom is 0.276 e. The van der Waals surface area contributed by atoms with Crippen molar-refractivity contribution in [1.29, 1.82) is 0 Å². The number of nitrogens with one attached hydrogen (secondary N) is 1. The zero-order valence-electron chi connectivity index (χ0n) is 10.3. The van der Waals surface area contributed by atoms with Crippen LogP contribution in [0.25, 0.3) is 0 Å². The van der Waals surface area contributed by atoms with Crippen LogP contribution < -0.4 is 5.32 Å². The number of rotatable bonds is 8. The molecule has 1 rings (SSSR count). The van der Waals surface area contributed by atoms with Crippen molar-refractivity contribution in [2.24, 2.45) is 0 Å². The van der Waals surface area contributed by atoms with Crippen LogP contribution in [-0.4, -0.2) is 28.5 Å². The highest BCUT2D eigenvalue weighted by atomic mass is 32.2. The molecule has 92 valence electrons. The average Bonchev–Trinajstić information content (AvgIpc) is 2.64. The summed E-state index contributed by atoms with van der Waals surface area (Å²) in [6.07, 6.45) is 3.67. The summed E-state index contributed by atoms with van der Waals surface area (Å²) in [6.45, 7) is 7.24. The van der Waals surface area contributed by atoms with E-state index in [1.807, 2.05) is 6.92 Å². The number of thioether (sulfide) groups is 1. The van der Waals surface area contributed by atoms with E-state index < -0.39 is 0 Å². The van der Waals surface area contributed by atoms with Crippen molar-refractivity contribution in [3.8, 4) is 0 Å². The van der Waals surface area contributed by atoms with E-state index in [9.17, 15) is 0 Å². The third-order valence-corrected chi connectivity index (χ3v) is 3.22. The highest BCUT2D eigenvalue weighted by molar-refractivity contribution is 7.99. The van der Waals surface area contributed by atoms with Crippen LogP contribution in [0.3, 0.4) is 0 Å². The molecule has 1 unspecified atom stereocenters. The smallest absolute Gasteiger partial charge is 0.276 e. The Hall–Kier alpha value is -0.550. The maximum absolute atomic E-state index is 5.28. The van der Waals surface area contributed by atoms with E-state index in [0.717, 1.165) is 12.3 Å². The minimum absolute atomic E-state index is 0.626. The minimum Gasteiger partial charge on any atom is -0.416 e. The summed E-state index contributed by atoms with van der Waals surface area (Å²) in [5, 5.41) is 11.8. The van der Waals surface area contributed by atoms with Gasteiger partial charge in [0.2, 0.25) is 5.89 Å². The fraction of sp³-hybridized carbons (Fsp3) is 0.818. The van der Waals surface area contributed by atoms with Crippen molar-refractivity contribution in [2.75, 3.05) is 12.3 Å². The van der Waals surface area contributed by atoms with Crippen molar-refractivity contribution in [2.45, 2.75) is 51.3 Å². The van der Waals surface area contributed by atoms with Gasteiger partial charge in [0.1, 0.15) is 0 Å². The summed E-state index contributed by atoms with van der Waals surface area (Å²) >= 11 is 1.65. The number of aromatic nitrogens is 2. The molecule has 0 spiro atoms. The first-order valence-corrected chi connectivity index (χ1v) is 6.87. The number of hydrogen-bond donors (Lipinski definition) is 1. The lowest BCUT2D eigenvalue weighted by Gasteiger charge is -2.10. The summed E-state index contributed by atoms with van der Waals surface area (Å²) in [5.74, 6) is 1.70. The van der Waals surface area contributed by atoms with Crippen LogP contribution in [0.5, 0.6) is 0 Å². The van der Waals surface area contributed by atoms with Crippen LogP contribution in [0, 0.1) is 6.92 Å². The molecule has 0 bridgehead atoms. The molecule has 1 N–H and O–H groups in total. The maximum atomic E-state index is 5.28. The second-order valence-electron chi connectivity index (χ2n) is 3.89. The number of nitrogens with zero attached hydrogens (tertiary/aromatic N) is 2. The fourth-order valence-corrected chi connectivity index (χ4v) is 2.30. The van der Waals surface area contributed by atoms with E-state index >= 15 is 0 Å². The number of unbranched alkanes of at least 4 members (excludes halogenated alkanes) is 1. The minimum atomic E-state index is 0.626. The van der Waals surface area contributed by atoms with Gasteiger partial charge in [0.25, 0.3) is 5.22 Å². The van der Waals surface area contributed by atoms with Crippen LogP contribution in [0.15, 0.2) is 9.64 Å². The molecule has 0 fully saturated rings. The lowest BCUT2D eigenvalue weighted by atomic mass is 10.1. The van der Waals surface area contributed by atoms with Crippen molar-refractivity contribution in [3.63, 3.8) is 0 Å². The van der Waals surface area contributed by atoms with Gasteiger partial charge in [-0.15, -0.1) is 10.2 Å². The van der Waals surface area contributed by atoms with Crippen LogP contribution in [0.1, 0.15) is 39.0 Å². The van der Waals surface area contributed by atoms with Gasteiger partial charge in [0, 0.05) is 18.7 Å². The molecule has 0 saturated heterocycles. The van der Waals surface area contributed by atoms with Gasteiger partial charge in [-0.05, 0) is 26.3 Å². The van der Waals surface area contributed by atoms with Crippen LogP contribution >= 0.6 is 11.8 Å². The molecule has 0 amide bonds. The Bertz CT molecular complexity index is 291. The van der Waals surface area contributed by atoms with Crippen molar-refractivity contribution in [1.82, 2.24) is 15.5 Å². The zero-order valence-corrected chi connectivity index (χ0v) is 11.1. The van der Waals surface area contributed by atoms with Gasteiger partial charge in [-0.3, -0.25) is 0 Å². The molecule has 1 aromatic rings. The summed E-state index contributed by atoms with van der Waals surface area (Å²) in [6, 6.07) is 0.626. The average molecular weight is 243 g/mol. The third kappa shape index (κ3) is 5.51. The molecule has 0 aliphatic carbocycles. The second-order valence-corrected chi connectivity index (χ2v) is 4.94. The number of hydrogen-bond acceptors (Lipinski definition) is 5. The largest absolute Gasteiger partial charge is 0.416 e. The molecule has 1 atom stereocenters. The molecule has 4 nitrogen and oxygen atoms in total. The second kappa shape index (κ2) is 7.68. The lowest BCUT2D eigenvalue weighted by Crippen LogP contribution is -2.25. The predicted octanol–water partition coefficient (Wildman–Crippen LogP) is 2.64. The molecular weight excluding hydrogens is 222 g/mol. The Morgan fingerprint density at radius 2 is 2.19 bits per heavy atom. The van der Waals surface area contributed by atoms with E-state index in [4.69, 9.17) is 4.42 Å². The Morgan fingerprint density at radius 1 is 1.38 bits per heavy atom. The standard InChI is InChI=1S/C11H21N3OS/c1-4-12-9(2)7-5-6-8-16-11-14-13-10(3)15-11/h9,12H,4-8H2,1-3H3. The molecule has 16 heavy (non-hydrogen) atoms. The first-order valence-electron chi connectivity index (χ1n) is 5.88. The molecule has 0 radical (unpaired) electrons. The zero-order chi connectivity index (χ0) is 11.8. The molecule has 0 aliphatic heterocycles. The van der Waals surface area contributed by atoms with Crippen LogP contribution in [-0.2, 0) is 0 Å². The van der Waals surface area contributed by atoms with Gasteiger partial charge in [0.15, 0.2) is 0 Å². The van der Waals surface area contributed by atoms with Gasteiger partial charge >= 0.3 is 0 Å². The molecule has 1 heterocycles. The molecular formula is C11H21N3OS. The van der Waals surface area contributed by atoms with Crippen LogP contribution in [0.2, 0.25) is 0 Å². The Labute approximate surface area is 102 Å². The van der Waals surface area contributed by atoms with Crippen molar-refractivity contribution < 1.29 is 4.42 Å². The first kappa shape index (κ1) is 13.5. The van der Waals surface area contributed by atoms with Gasteiger partial charge in [-0.1, -0.05) is 25.1 Å². The van der Waals surface area contributed by atoms with E-state index in [-0.39, 0.29) is 0 Å². The van der Waals surface area contributed by atoms with Gasteiger partial charge < -0.3 is 9.73 Å². The van der Waals surface area contributed by atoms with E-state index in [0.29, 0.717) is 17.2 Å². The third-order valence-electron chi connectivity index (χ3n) is 2.32. The molecule has 0 aromatic carbocycles. The predicted molar refractivity (Wildman–Crippen MR) is 66.7 cm³/mol. The normalized spacial score (nSPS) is 12.9. The van der Waals surface area contributed by atoms with E-state index in [1.165, 1.54) is 19.3 Å². The summed E-state index contributed by atoms with van der Waals surface area (Å²) in [5.41, 5.74) is 0. The van der Waals surface area contributed by atoms with Crippen LogP contribution in [0.4, 0.5) is 0 Å². The monoisotopic (exact) mass is 243 g/mol. The van der Waals surface area contributed by atoms with Gasteiger partial charge in [0.05, 0.1) is 0 Å². The highest BCUT2D eigenvalue weighted by Crippen LogP contribution is 2.17. The van der Waals surface area contributed by atoms with Crippen molar-refractivity contribution in [3.05, 3.63) is 5.89 Å². The lowest BCUT2D eigenvalue weighted by molar-refractivity contribution is 0.429. The summed E-state index contributed by atoms with van der Waals surface area (Å²) in [4.78, 5) is 0. The topological polar surface area (TPSA) is 51.0 Å². The van der Waals surface area contributed by atoms with Gasteiger partial charge in [-0.25, -0.2) is 0 Å². The summed E-state index contributed by atoms with van der Waals surface area (Å²) < 4.78 is 5.28. The fourth-order valence-electron chi connectivity index (χ4n) is 1.50. The van der Waals surface area contributed by atoms with Crippen molar-refractivity contribution >= 4 is 11.8 Å². The molecule has 0 aliphatic rings.